The highest BCUT2D eigenvalue weighted by Gasteiger charge is 2.22. The van der Waals surface area contributed by atoms with Crippen LogP contribution in [0.4, 0.5) is 4.79 Å². The SMILES string of the molecule is CCN(Cc1cccs1)C(=O)NC1CCN(Cc2cccc(C)c2)CC1. The predicted molar refractivity (Wildman–Crippen MR) is 108 cm³/mol. The Morgan fingerprint density at radius 3 is 2.73 bits per heavy atom. The van der Waals surface area contributed by atoms with E-state index in [0.717, 1.165) is 39.0 Å². The molecule has 2 heterocycles. The van der Waals surface area contributed by atoms with Crippen LogP contribution in [0.1, 0.15) is 35.8 Å². The van der Waals surface area contributed by atoms with E-state index in [-0.39, 0.29) is 12.1 Å². The molecule has 1 aromatic carbocycles. The summed E-state index contributed by atoms with van der Waals surface area (Å²) in [5.74, 6) is 0. The molecule has 0 aliphatic carbocycles. The number of nitrogens with zero attached hydrogens (tertiary/aromatic N) is 2. The van der Waals surface area contributed by atoms with Gasteiger partial charge in [-0.25, -0.2) is 4.79 Å². The Bertz CT molecular complexity index is 693. The van der Waals surface area contributed by atoms with Gasteiger partial charge in [0.2, 0.25) is 0 Å². The maximum Gasteiger partial charge on any atom is 0.317 e. The second-order valence-corrected chi connectivity index (χ2v) is 8.11. The van der Waals surface area contributed by atoms with Gasteiger partial charge in [0, 0.05) is 37.1 Å². The largest absolute Gasteiger partial charge is 0.335 e. The third-order valence-corrected chi connectivity index (χ3v) is 5.86. The van der Waals surface area contributed by atoms with Crippen molar-refractivity contribution in [3.8, 4) is 0 Å². The minimum Gasteiger partial charge on any atom is -0.335 e. The van der Waals surface area contributed by atoms with E-state index < -0.39 is 0 Å². The van der Waals surface area contributed by atoms with Crippen LogP contribution in [0.15, 0.2) is 41.8 Å². The number of amides is 2. The number of piperidine rings is 1. The zero-order valence-electron chi connectivity index (χ0n) is 15.8. The summed E-state index contributed by atoms with van der Waals surface area (Å²) in [6, 6.07) is 13.2. The smallest absolute Gasteiger partial charge is 0.317 e. The Labute approximate surface area is 160 Å². The molecule has 4 nitrogen and oxygen atoms in total. The number of carbonyl (C=O) groups is 1. The molecule has 2 aromatic rings. The number of carbonyl (C=O) groups excluding carboxylic acids is 1. The molecule has 1 fully saturated rings. The third kappa shape index (κ3) is 5.32. The molecule has 1 saturated heterocycles. The summed E-state index contributed by atoms with van der Waals surface area (Å²) in [6.45, 7) is 8.69. The lowest BCUT2D eigenvalue weighted by molar-refractivity contribution is 0.169. The van der Waals surface area contributed by atoms with E-state index >= 15 is 0 Å². The van der Waals surface area contributed by atoms with E-state index in [1.165, 1.54) is 16.0 Å². The van der Waals surface area contributed by atoms with Gasteiger partial charge >= 0.3 is 6.03 Å². The fourth-order valence-corrected chi connectivity index (χ4v) is 4.21. The van der Waals surface area contributed by atoms with Gasteiger partial charge in [0.05, 0.1) is 6.54 Å². The average Bonchev–Trinajstić information content (AvgIpc) is 3.14. The Kier molecular flexibility index (Phi) is 6.69. The lowest BCUT2D eigenvalue weighted by atomic mass is 10.0. The van der Waals surface area contributed by atoms with Crippen molar-refractivity contribution >= 4 is 17.4 Å². The molecule has 1 aromatic heterocycles. The highest BCUT2D eigenvalue weighted by molar-refractivity contribution is 7.09. The number of aryl methyl sites for hydroxylation is 1. The van der Waals surface area contributed by atoms with E-state index in [0.29, 0.717) is 6.54 Å². The minimum atomic E-state index is 0.0676. The van der Waals surface area contributed by atoms with Gasteiger partial charge in [0.1, 0.15) is 0 Å². The lowest BCUT2D eigenvalue weighted by Crippen LogP contribution is -2.48. The van der Waals surface area contributed by atoms with Crippen LogP contribution in [-0.4, -0.2) is 41.5 Å². The van der Waals surface area contributed by atoms with E-state index in [1.54, 1.807) is 11.3 Å². The number of likely N-dealkylation sites (tertiary alicyclic amines) is 1. The quantitative estimate of drug-likeness (QED) is 0.824. The lowest BCUT2D eigenvalue weighted by Gasteiger charge is -2.33. The average molecular weight is 372 g/mol. The molecule has 0 bridgehead atoms. The molecule has 140 valence electrons. The standard InChI is InChI=1S/C21H29N3OS/c1-3-24(16-20-8-5-13-26-20)21(25)22-19-9-11-23(12-10-19)15-18-7-4-6-17(2)14-18/h4-8,13-14,19H,3,9-12,15-16H2,1-2H3,(H,22,25). The Morgan fingerprint density at radius 1 is 1.27 bits per heavy atom. The number of hydrogen-bond donors (Lipinski definition) is 1. The van der Waals surface area contributed by atoms with Crippen LogP contribution in [-0.2, 0) is 13.1 Å². The van der Waals surface area contributed by atoms with E-state index in [2.05, 4.69) is 52.9 Å². The van der Waals surface area contributed by atoms with E-state index in [1.807, 2.05) is 17.9 Å². The van der Waals surface area contributed by atoms with Gasteiger partial charge in [-0.3, -0.25) is 4.90 Å². The van der Waals surface area contributed by atoms with Crippen LogP contribution in [0, 0.1) is 6.92 Å². The van der Waals surface area contributed by atoms with Crippen LogP contribution in [0.25, 0.3) is 0 Å². The van der Waals surface area contributed by atoms with Crippen LogP contribution >= 0.6 is 11.3 Å². The molecule has 1 aliphatic heterocycles. The summed E-state index contributed by atoms with van der Waals surface area (Å²) < 4.78 is 0. The van der Waals surface area contributed by atoms with Gasteiger partial charge < -0.3 is 10.2 Å². The van der Waals surface area contributed by atoms with Crippen molar-refractivity contribution in [1.82, 2.24) is 15.1 Å². The first-order valence-corrected chi connectivity index (χ1v) is 10.4. The molecule has 1 aliphatic rings. The normalized spacial score (nSPS) is 15.8. The molecule has 0 spiro atoms. The summed E-state index contributed by atoms with van der Waals surface area (Å²) in [7, 11) is 0. The zero-order chi connectivity index (χ0) is 18.4. The monoisotopic (exact) mass is 371 g/mol. The number of nitrogens with one attached hydrogen (secondary N) is 1. The van der Waals surface area contributed by atoms with Crippen molar-refractivity contribution in [3.05, 3.63) is 57.8 Å². The predicted octanol–water partition coefficient (Wildman–Crippen LogP) is 4.25. The van der Waals surface area contributed by atoms with Crippen molar-refractivity contribution in [3.63, 3.8) is 0 Å². The number of urea groups is 1. The minimum absolute atomic E-state index is 0.0676. The maximum absolute atomic E-state index is 12.6. The summed E-state index contributed by atoms with van der Waals surface area (Å²) in [5, 5.41) is 5.30. The number of hydrogen-bond acceptors (Lipinski definition) is 3. The molecule has 3 rings (SSSR count). The first-order valence-electron chi connectivity index (χ1n) is 9.49. The third-order valence-electron chi connectivity index (χ3n) is 5.00. The fraction of sp³-hybridized carbons (Fsp3) is 0.476. The highest BCUT2D eigenvalue weighted by Crippen LogP contribution is 2.16. The molecular formula is C21H29N3OS. The molecular weight excluding hydrogens is 342 g/mol. The molecule has 0 atom stereocenters. The topological polar surface area (TPSA) is 35.6 Å². The summed E-state index contributed by atoms with van der Waals surface area (Å²) in [5.41, 5.74) is 2.69. The first-order chi connectivity index (χ1) is 12.6. The highest BCUT2D eigenvalue weighted by atomic mass is 32.1. The van der Waals surface area contributed by atoms with Crippen LogP contribution in [0.3, 0.4) is 0 Å². The molecule has 5 heteroatoms. The molecule has 1 N–H and O–H groups in total. The van der Waals surface area contributed by atoms with Gasteiger partial charge in [-0.2, -0.15) is 0 Å². The molecule has 0 radical (unpaired) electrons. The Morgan fingerprint density at radius 2 is 2.08 bits per heavy atom. The van der Waals surface area contributed by atoms with Crippen LogP contribution in [0.5, 0.6) is 0 Å². The Balaban J connectivity index is 1.44. The molecule has 0 saturated carbocycles. The summed E-state index contributed by atoms with van der Waals surface area (Å²) in [6.07, 6.45) is 2.04. The van der Waals surface area contributed by atoms with Gasteiger partial charge in [-0.1, -0.05) is 35.9 Å². The van der Waals surface area contributed by atoms with Gasteiger partial charge in [-0.15, -0.1) is 11.3 Å². The molecule has 0 unspecified atom stereocenters. The summed E-state index contributed by atoms with van der Waals surface area (Å²) >= 11 is 1.70. The first kappa shape index (κ1) is 18.9. The van der Waals surface area contributed by atoms with Gasteiger partial charge in [-0.05, 0) is 43.7 Å². The van der Waals surface area contributed by atoms with E-state index in [9.17, 15) is 4.79 Å². The van der Waals surface area contributed by atoms with Crippen molar-refractivity contribution in [2.75, 3.05) is 19.6 Å². The second-order valence-electron chi connectivity index (χ2n) is 7.08. The van der Waals surface area contributed by atoms with Crippen LogP contribution in [0.2, 0.25) is 0 Å². The second kappa shape index (κ2) is 9.19. The van der Waals surface area contributed by atoms with E-state index in [4.69, 9.17) is 0 Å². The molecule has 26 heavy (non-hydrogen) atoms. The van der Waals surface area contributed by atoms with Crippen molar-refractivity contribution in [2.45, 2.75) is 45.8 Å². The van der Waals surface area contributed by atoms with Crippen molar-refractivity contribution < 1.29 is 4.79 Å². The maximum atomic E-state index is 12.6. The van der Waals surface area contributed by atoms with Gasteiger partial charge in [0.25, 0.3) is 0 Å². The summed E-state index contributed by atoms with van der Waals surface area (Å²) in [4.78, 5) is 18.2. The molecule has 2 amide bonds. The zero-order valence-corrected chi connectivity index (χ0v) is 16.6. The van der Waals surface area contributed by atoms with Crippen molar-refractivity contribution in [1.29, 1.82) is 0 Å². The fourth-order valence-electron chi connectivity index (χ4n) is 3.49. The van der Waals surface area contributed by atoms with Crippen LogP contribution < -0.4 is 5.32 Å². The number of rotatable bonds is 6. The number of thiophene rings is 1. The Hall–Kier alpha value is -1.85. The number of benzene rings is 1. The van der Waals surface area contributed by atoms with Gasteiger partial charge in [0.15, 0.2) is 0 Å². The van der Waals surface area contributed by atoms with Crippen molar-refractivity contribution in [2.24, 2.45) is 0 Å².